The summed E-state index contributed by atoms with van der Waals surface area (Å²) in [6, 6.07) is 7.50. The molecule has 136 valence electrons. The summed E-state index contributed by atoms with van der Waals surface area (Å²) in [5.41, 5.74) is 0.319. The first-order valence-electron chi connectivity index (χ1n) is 9.11. The molecule has 1 aliphatic rings. The van der Waals surface area contributed by atoms with Crippen molar-refractivity contribution in [2.75, 3.05) is 6.54 Å². The van der Waals surface area contributed by atoms with E-state index in [4.69, 9.17) is 0 Å². The molecule has 1 amide bonds. The summed E-state index contributed by atoms with van der Waals surface area (Å²) in [4.78, 5) is 39.5. The topological polar surface area (TPSA) is 74.7 Å². The van der Waals surface area contributed by atoms with Crippen LogP contribution in [-0.2, 0) is 9.59 Å². The van der Waals surface area contributed by atoms with Crippen LogP contribution in [0.3, 0.4) is 0 Å². The van der Waals surface area contributed by atoms with Gasteiger partial charge in [0.25, 0.3) is 0 Å². The molecule has 25 heavy (non-hydrogen) atoms. The van der Waals surface area contributed by atoms with Crippen LogP contribution in [0.1, 0.15) is 56.3 Å². The van der Waals surface area contributed by atoms with E-state index < -0.39 is 23.7 Å². The molecule has 2 atom stereocenters. The third-order valence-corrected chi connectivity index (χ3v) is 4.75. The molecule has 0 spiro atoms. The fraction of sp³-hybridized carbons (Fsp3) is 0.550. The number of aliphatic hydroxyl groups is 1. The number of carbonyl (C=O) groups excluding carboxylic acids is 3. The smallest absolute Gasteiger partial charge is 0.230 e. The molecule has 1 saturated heterocycles. The third kappa shape index (κ3) is 4.54. The minimum absolute atomic E-state index is 0.112. The predicted octanol–water partition coefficient (Wildman–Crippen LogP) is 2.62. The van der Waals surface area contributed by atoms with Gasteiger partial charge in [-0.25, -0.2) is 0 Å². The van der Waals surface area contributed by atoms with Crippen LogP contribution in [0.25, 0.3) is 0 Å². The fourth-order valence-corrected chi connectivity index (χ4v) is 3.51. The summed E-state index contributed by atoms with van der Waals surface area (Å²) in [6.45, 7) is 4.17. The average molecular weight is 345 g/mol. The molecule has 0 radical (unpaired) electrons. The Hall–Kier alpha value is -2.01. The maximum absolute atomic E-state index is 12.9. The molecule has 0 bridgehead atoms. The van der Waals surface area contributed by atoms with Crippen LogP contribution in [0.2, 0.25) is 0 Å². The fourth-order valence-electron chi connectivity index (χ4n) is 3.51. The second-order valence-corrected chi connectivity index (χ2v) is 6.73. The van der Waals surface area contributed by atoms with Gasteiger partial charge in [-0.3, -0.25) is 14.4 Å². The van der Waals surface area contributed by atoms with Crippen molar-refractivity contribution in [2.24, 2.45) is 5.92 Å². The number of Topliss-reactive ketones (excluding diaryl/α,β-unsaturated/α-hetero) is 2. The van der Waals surface area contributed by atoms with Gasteiger partial charge in [0.15, 0.2) is 0 Å². The van der Waals surface area contributed by atoms with Crippen LogP contribution in [0.4, 0.5) is 0 Å². The average Bonchev–Trinajstić information content (AvgIpc) is 3.02. The molecule has 5 heteroatoms. The van der Waals surface area contributed by atoms with E-state index in [0.717, 1.165) is 25.7 Å². The molecule has 0 saturated carbocycles. The Balaban J connectivity index is 2.18. The van der Waals surface area contributed by atoms with Crippen LogP contribution >= 0.6 is 0 Å². The number of ketones is 2. The van der Waals surface area contributed by atoms with Gasteiger partial charge in [-0.2, -0.15) is 0 Å². The molecule has 1 N–H and O–H groups in total. The lowest BCUT2D eigenvalue weighted by molar-refractivity contribution is -0.140. The standard InChI is InChI=1S/C20H27NO4/c1-3-8-15(9-4-2)20(25)21-13-16(22)12-17(21)19(24)18(23)14-10-6-5-7-11-14/h5-7,10-11,15-17,22H,3-4,8-9,12-13H2,1-2H3/t16-,17+/m1/s1. The molecule has 0 unspecified atom stereocenters. The first-order valence-corrected chi connectivity index (χ1v) is 9.11. The van der Waals surface area contributed by atoms with Crippen LogP contribution in [-0.4, -0.2) is 46.2 Å². The van der Waals surface area contributed by atoms with Crippen LogP contribution in [0, 0.1) is 5.92 Å². The summed E-state index contributed by atoms with van der Waals surface area (Å²) in [6.07, 6.45) is 2.65. The van der Waals surface area contributed by atoms with Crippen molar-refractivity contribution in [2.45, 2.75) is 58.1 Å². The monoisotopic (exact) mass is 345 g/mol. The lowest BCUT2D eigenvalue weighted by atomic mass is 9.95. The van der Waals surface area contributed by atoms with Gasteiger partial charge in [0, 0.05) is 24.4 Å². The molecule has 1 aliphatic heterocycles. The number of hydrogen-bond donors (Lipinski definition) is 1. The van der Waals surface area contributed by atoms with Crippen molar-refractivity contribution in [1.82, 2.24) is 4.90 Å². The van der Waals surface area contributed by atoms with Crippen molar-refractivity contribution in [3.8, 4) is 0 Å². The SMILES string of the molecule is CCCC(CCC)C(=O)N1C[C@H](O)C[C@H]1C(=O)C(=O)c1ccccc1. The van der Waals surface area contributed by atoms with E-state index >= 15 is 0 Å². The summed E-state index contributed by atoms with van der Waals surface area (Å²) >= 11 is 0. The summed E-state index contributed by atoms with van der Waals surface area (Å²) in [5, 5.41) is 10.0. The number of amides is 1. The number of rotatable bonds is 8. The summed E-state index contributed by atoms with van der Waals surface area (Å²) in [7, 11) is 0. The zero-order chi connectivity index (χ0) is 18.4. The first-order chi connectivity index (χ1) is 12.0. The molecule has 1 heterocycles. The van der Waals surface area contributed by atoms with Gasteiger partial charge >= 0.3 is 0 Å². The van der Waals surface area contributed by atoms with Gasteiger partial charge in [0.1, 0.15) is 6.04 Å². The highest BCUT2D eigenvalue weighted by Gasteiger charge is 2.42. The van der Waals surface area contributed by atoms with Gasteiger partial charge in [-0.1, -0.05) is 57.0 Å². The summed E-state index contributed by atoms with van der Waals surface area (Å²) in [5.74, 6) is -1.47. The normalized spacial score (nSPS) is 20.1. The van der Waals surface area contributed by atoms with Crippen LogP contribution < -0.4 is 0 Å². The maximum Gasteiger partial charge on any atom is 0.230 e. The highest BCUT2D eigenvalue weighted by molar-refractivity contribution is 6.45. The largest absolute Gasteiger partial charge is 0.391 e. The Kier molecular flexibility index (Phi) is 6.88. The van der Waals surface area contributed by atoms with E-state index in [9.17, 15) is 19.5 Å². The Labute approximate surface area is 149 Å². The third-order valence-electron chi connectivity index (χ3n) is 4.75. The van der Waals surface area contributed by atoms with E-state index in [1.54, 1.807) is 30.3 Å². The number of hydrogen-bond acceptors (Lipinski definition) is 4. The van der Waals surface area contributed by atoms with Crippen LogP contribution in [0.15, 0.2) is 30.3 Å². The Bertz CT molecular complexity index is 607. The number of nitrogens with zero attached hydrogens (tertiary/aromatic N) is 1. The lowest BCUT2D eigenvalue weighted by Crippen LogP contribution is -2.45. The number of β-amino-alcohol motifs (C(OH)–C–C–N with tert-alkyl or cyclic N) is 1. The van der Waals surface area contributed by atoms with E-state index in [2.05, 4.69) is 0 Å². The molecule has 5 nitrogen and oxygen atoms in total. The molecule has 2 rings (SSSR count). The first kappa shape index (κ1) is 19.3. The van der Waals surface area contributed by atoms with Gasteiger partial charge in [-0.15, -0.1) is 0 Å². The minimum Gasteiger partial charge on any atom is -0.391 e. The van der Waals surface area contributed by atoms with E-state index in [-0.39, 0.29) is 24.8 Å². The molecular formula is C20H27NO4. The molecular weight excluding hydrogens is 318 g/mol. The van der Waals surface area contributed by atoms with Gasteiger partial charge in [0.05, 0.1) is 6.10 Å². The van der Waals surface area contributed by atoms with E-state index in [1.807, 2.05) is 13.8 Å². The Morgan fingerprint density at radius 1 is 1.12 bits per heavy atom. The highest BCUT2D eigenvalue weighted by atomic mass is 16.3. The molecule has 1 aromatic rings. The van der Waals surface area contributed by atoms with Crippen molar-refractivity contribution < 1.29 is 19.5 Å². The van der Waals surface area contributed by atoms with Crippen molar-refractivity contribution in [3.63, 3.8) is 0 Å². The number of benzene rings is 1. The molecule has 1 fully saturated rings. The van der Waals surface area contributed by atoms with Gasteiger partial charge in [-0.05, 0) is 12.8 Å². The molecule has 0 aliphatic carbocycles. The van der Waals surface area contributed by atoms with E-state index in [1.165, 1.54) is 4.90 Å². The minimum atomic E-state index is -0.855. The zero-order valence-corrected chi connectivity index (χ0v) is 15.0. The van der Waals surface area contributed by atoms with E-state index in [0.29, 0.717) is 5.56 Å². The predicted molar refractivity (Wildman–Crippen MR) is 95.2 cm³/mol. The van der Waals surface area contributed by atoms with Crippen molar-refractivity contribution in [3.05, 3.63) is 35.9 Å². The number of carbonyl (C=O) groups is 3. The second kappa shape index (κ2) is 8.90. The Morgan fingerprint density at radius 2 is 1.72 bits per heavy atom. The van der Waals surface area contributed by atoms with Gasteiger partial charge in [0.2, 0.25) is 17.5 Å². The quantitative estimate of drug-likeness (QED) is 0.580. The Morgan fingerprint density at radius 3 is 2.28 bits per heavy atom. The molecule has 1 aromatic carbocycles. The zero-order valence-electron chi connectivity index (χ0n) is 15.0. The maximum atomic E-state index is 12.9. The number of aliphatic hydroxyl groups excluding tert-OH is 1. The van der Waals surface area contributed by atoms with Crippen molar-refractivity contribution in [1.29, 1.82) is 0 Å². The van der Waals surface area contributed by atoms with Crippen molar-refractivity contribution >= 4 is 17.5 Å². The number of likely N-dealkylation sites (tertiary alicyclic amines) is 1. The highest BCUT2D eigenvalue weighted by Crippen LogP contribution is 2.26. The van der Waals surface area contributed by atoms with Crippen LogP contribution in [0.5, 0.6) is 0 Å². The second-order valence-electron chi connectivity index (χ2n) is 6.73. The molecule has 0 aromatic heterocycles. The van der Waals surface area contributed by atoms with Gasteiger partial charge < -0.3 is 10.0 Å². The summed E-state index contributed by atoms with van der Waals surface area (Å²) < 4.78 is 0. The lowest BCUT2D eigenvalue weighted by Gasteiger charge is -2.27.